The molecular formula is C13H19N3O. The first-order valence-corrected chi connectivity index (χ1v) is 6.22. The Morgan fingerprint density at radius 2 is 2.12 bits per heavy atom. The van der Waals surface area contributed by atoms with Crippen LogP contribution in [0.1, 0.15) is 19.4 Å². The number of piperazine rings is 1. The number of aryl methyl sites for hydroxylation is 1. The van der Waals surface area contributed by atoms with Gasteiger partial charge in [0.05, 0.1) is 6.54 Å². The van der Waals surface area contributed by atoms with Crippen LogP contribution in [-0.4, -0.2) is 42.0 Å². The normalized spacial score (nSPS) is 16.5. The summed E-state index contributed by atoms with van der Waals surface area (Å²) in [4.78, 5) is 20.1. The molecule has 1 aromatic heterocycles. The second-order valence-corrected chi connectivity index (χ2v) is 4.27. The van der Waals surface area contributed by atoms with E-state index < -0.39 is 0 Å². The van der Waals surface area contributed by atoms with Crippen LogP contribution in [-0.2, 0) is 11.2 Å². The summed E-state index contributed by atoms with van der Waals surface area (Å²) < 4.78 is 0. The molecule has 4 nitrogen and oxygen atoms in total. The van der Waals surface area contributed by atoms with Crippen molar-refractivity contribution in [2.45, 2.75) is 20.3 Å². The van der Waals surface area contributed by atoms with Crippen LogP contribution in [0.15, 0.2) is 18.3 Å². The van der Waals surface area contributed by atoms with Crippen LogP contribution in [0.3, 0.4) is 0 Å². The van der Waals surface area contributed by atoms with Crippen molar-refractivity contribution in [3.8, 4) is 0 Å². The number of anilines is 1. The summed E-state index contributed by atoms with van der Waals surface area (Å²) in [5.74, 6) is 1.10. The van der Waals surface area contributed by atoms with Crippen molar-refractivity contribution in [2.24, 2.45) is 0 Å². The lowest BCUT2D eigenvalue weighted by molar-refractivity contribution is -0.130. The molecule has 1 fully saturated rings. The monoisotopic (exact) mass is 233 g/mol. The zero-order valence-corrected chi connectivity index (χ0v) is 10.5. The fourth-order valence-corrected chi connectivity index (χ4v) is 2.05. The van der Waals surface area contributed by atoms with Crippen molar-refractivity contribution in [1.29, 1.82) is 0 Å². The van der Waals surface area contributed by atoms with E-state index in [1.54, 1.807) is 0 Å². The number of amides is 1. The molecule has 1 amide bonds. The van der Waals surface area contributed by atoms with Gasteiger partial charge in [0, 0.05) is 25.8 Å². The van der Waals surface area contributed by atoms with Gasteiger partial charge < -0.3 is 9.80 Å². The van der Waals surface area contributed by atoms with E-state index in [-0.39, 0.29) is 5.91 Å². The maximum absolute atomic E-state index is 11.8. The summed E-state index contributed by atoms with van der Waals surface area (Å²) in [6, 6.07) is 4.09. The molecule has 1 saturated heterocycles. The molecule has 0 unspecified atom stereocenters. The summed E-state index contributed by atoms with van der Waals surface area (Å²) in [6.45, 7) is 7.05. The van der Waals surface area contributed by atoms with Crippen molar-refractivity contribution in [2.75, 3.05) is 31.1 Å². The number of rotatable bonds is 3. The average molecular weight is 233 g/mol. The number of pyridine rings is 1. The Morgan fingerprint density at radius 3 is 2.65 bits per heavy atom. The summed E-state index contributed by atoms with van der Waals surface area (Å²) in [6.07, 6.45) is 2.89. The van der Waals surface area contributed by atoms with E-state index in [0.717, 1.165) is 31.9 Å². The fraction of sp³-hybridized carbons (Fsp3) is 0.538. The molecule has 0 aliphatic carbocycles. The summed E-state index contributed by atoms with van der Waals surface area (Å²) in [5, 5.41) is 0. The Labute approximate surface area is 102 Å². The quantitative estimate of drug-likeness (QED) is 0.790. The first-order chi connectivity index (χ1) is 8.24. The van der Waals surface area contributed by atoms with Gasteiger partial charge in [0.25, 0.3) is 0 Å². The Balaban J connectivity index is 2.05. The lowest BCUT2D eigenvalue weighted by atomic mass is 10.2. The standard InChI is InChI=1S/C13H19N3O/c1-3-11-5-6-12(14-9-11)16-8-7-15(4-2)13(17)10-16/h5-6,9H,3-4,7-8,10H2,1-2H3. The van der Waals surface area contributed by atoms with Crippen molar-refractivity contribution in [3.05, 3.63) is 23.9 Å². The van der Waals surface area contributed by atoms with Crippen molar-refractivity contribution in [1.82, 2.24) is 9.88 Å². The summed E-state index contributed by atoms with van der Waals surface area (Å²) in [5.41, 5.74) is 1.23. The fourth-order valence-electron chi connectivity index (χ4n) is 2.05. The van der Waals surface area contributed by atoms with Crippen molar-refractivity contribution >= 4 is 11.7 Å². The van der Waals surface area contributed by atoms with E-state index >= 15 is 0 Å². The Bertz CT molecular complexity index is 388. The SMILES string of the molecule is CCc1ccc(N2CCN(CC)C(=O)C2)nc1. The smallest absolute Gasteiger partial charge is 0.242 e. The topological polar surface area (TPSA) is 36.4 Å². The van der Waals surface area contributed by atoms with Crippen LogP contribution in [0.25, 0.3) is 0 Å². The lowest BCUT2D eigenvalue weighted by Gasteiger charge is -2.34. The molecule has 0 bridgehead atoms. The van der Waals surface area contributed by atoms with E-state index in [0.29, 0.717) is 6.54 Å². The van der Waals surface area contributed by atoms with Crippen LogP contribution >= 0.6 is 0 Å². The van der Waals surface area contributed by atoms with Crippen LogP contribution in [0.5, 0.6) is 0 Å². The molecule has 17 heavy (non-hydrogen) atoms. The molecule has 0 spiro atoms. The number of nitrogens with zero attached hydrogens (tertiary/aromatic N) is 3. The van der Waals surface area contributed by atoms with E-state index in [1.807, 2.05) is 29.0 Å². The summed E-state index contributed by atoms with van der Waals surface area (Å²) in [7, 11) is 0. The molecule has 1 aliphatic heterocycles. The van der Waals surface area contributed by atoms with Crippen LogP contribution in [0, 0.1) is 0 Å². The van der Waals surface area contributed by atoms with Gasteiger partial charge in [-0.15, -0.1) is 0 Å². The second-order valence-electron chi connectivity index (χ2n) is 4.27. The van der Waals surface area contributed by atoms with Crippen molar-refractivity contribution < 1.29 is 4.79 Å². The molecule has 92 valence electrons. The number of hydrogen-bond acceptors (Lipinski definition) is 3. The second kappa shape index (κ2) is 5.17. The Morgan fingerprint density at radius 1 is 1.29 bits per heavy atom. The number of carbonyl (C=O) groups is 1. The molecule has 0 atom stereocenters. The first-order valence-electron chi connectivity index (χ1n) is 6.22. The van der Waals surface area contributed by atoms with Gasteiger partial charge >= 0.3 is 0 Å². The third-order valence-electron chi connectivity index (χ3n) is 3.24. The largest absolute Gasteiger partial charge is 0.346 e. The maximum atomic E-state index is 11.8. The number of aromatic nitrogens is 1. The minimum absolute atomic E-state index is 0.195. The Kier molecular flexibility index (Phi) is 3.61. The van der Waals surface area contributed by atoms with Gasteiger partial charge in [-0.25, -0.2) is 4.98 Å². The zero-order chi connectivity index (χ0) is 12.3. The van der Waals surface area contributed by atoms with Gasteiger partial charge in [0.2, 0.25) is 5.91 Å². The maximum Gasteiger partial charge on any atom is 0.242 e. The number of carbonyl (C=O) groups excluding carboxylic acids is 1. The van der Waals surface area contributed by atoms with Gasteiger partial charge in [-0.1, -0.05) is 13.0 Å². The molecule has 2 heterocycles. The van der Waals surface area contributed by atoms with E-state index in [4.69, 9.17) is 0 Å². The van der Waals surface area contributed by atoms with Crippen molar-refractivity contribution in [3.63, 3.8) is 0 Å². The number of likely N-dealkylation sites (N-methyl/N-ethyl adjacent to an activating group) is 1. The molecule has 0 saturated carbocycles. The van der Waals surface area contributed by atoms with Gasteiger partial charge in [0.1, 0.15) is 5.82 Å². The molecule has 0 radical (unpaired) electrons. The number of hydrogen-bond donors (Lipinski definition) is 0. The molecular weight excluding hydrogens is 214 g/mol. The third kappa shape index (κ3) is 2.57. The molecule has 1 aromatic rings. The van der Waals surface area contributed by atoms with Gasteiger partial charge in [-0.2, -0.15) is 0 Å². The first kappa shape index (κ1) is 11.9. The highest BCUT2D eigenvalue weighted by molar-refractivity contribution is 5.82. The predicted molar refractivity (Wildman–Crippen MR) is 68.1 cm³/mol. The summed E-state index contributed by atoms with van der Waals surface area (Å²) >= 11 is 0. The highest BCUT2D eigenvalue weighted by atomic mass is 16.2. The average Bonchev–Trinajstić information content (AvgIpc) is 2.39. The van der Waals surface area contributed by atoms with Crippen LogP contribution < -0.4 is 4.90 Å². The molecule has 1 aliphatic rings. The van der Waals surface area contributed by atoms with E-state index in [9.17, 15) is 4.79 Å². The predicted octanol–water partition coefficient (Wildman–Crippen LogP) is 1.31. The molecule has 4 heteroatoms. The molecule has 0 N–H and O–H groups in total. The third-order valence-corrected chi connectivity index (χ3v) is 3.24. The van der Waals surface area contributed by atoms with Gasteiger partial charge in [-0.05, 0) is 25.0 Å². The molecule has 2 rings (SSSR count). The highest BCUT2D eigenvalue weighted by Crippen LogP contribution is 2.14. The van der Waals surface area contributed by atoms with Crippen LogP contribution in [0.2, 0.25) is 0 Å². The van der Waals surface area contributed by atoms with Crippen LogP contribution in [0.4, 0.5) is 5.82 Å². The van der Waals surface area contributed by atoms with Gasteiger partial charge in [0.15, 0.2) is 0 Å². The highest BCUT2D eigenvalue weighted by Gasteiger charge is 2.23. The lowest BCUT2D eigenvalue weighted by Crippen LogP contribution is -2.50. The minimum Gasteiger partial charge on any atom is -0.346 e. The minimum atomic E-state index is 0.195. The molecule has 0 aromatic carbocycles. The Hall–Kier alpha value is -1.58. The zero-order valence-electron chi connectivity index (χ0n) is 10.5. The van der Waals surface area contributed by atoms with E-state index in [2.05, 4.69) is 18.0 Å². The van der Waals surface area contributed by atoms with E-state index in [1.165, 1.54) is 5.56 Å². The van der Waals surface area contributed by atoms with Gasteiger partial charge in [-0.3, -0.25) is 4.79 Å².